The van der Waals surface area contributed by atoms with Gasteiger partial charge in [0.15, 0.2) is 11.6 Å². The number of rotatable bonds is 10. The minimum Gasteiger partial charge on any atom is -0.467 e. The second kappa shape index (κ2) is 21.8. The quantitative estimate of drug-likeness (QED) is 0.0921. The Kier molecular flexibility index (Phi) is 18.1. The maximum atomic E-state index is 15.9. The Morgan fingerprint density at radius 1 is 1.21 bits per heavy atom. The lowest BCUT2D eigenvalue weighted by Gasteiger charge is -2.18. The molecule has 2 aliphatic heterocycles. The van der Waals surface area contributed by atoms with E-state index in [1.165, 1.54) is 71.6 Å². The van der Waals surface area contributed by atoms with Gasteiger partial charge >= 0.3 is 12.2 Å². The highest BCUT2D eigenvalue weighted by atomic mass is 35.5. The van der Waals surface area contributed by atoms with Crippen LogP contribution in [0.2, 0.25) is 0 Å². The van der Waals surface area contributed by atoms with E-state index in [-0.39, 0.29) is 50.0 Å². The van der Waals surface area contributed by atoms with Gasteiger partial charge in [-0.3, -0.25) is 4.79 Å². The summed E-state index contributed by atoms with van der Waals surface area (Å²) in [5, 5.41) is 11.8. The van der Waals surface area contributed by atoms with Crippen LogP contribution < -0.4 is 15.8 Å². The Labute approximate surface area is 340 Å². The molecule has 6 rings (SSSR count). The highest BCUT2D eigenvalue weighted by Crippen LogP contribution is 2.47. The molecule has 16 heteroatoms. The number of halogens is 7. The van der Waals surface area contributed by atoms with Crippen LogP contribution in [0.5, 0.6) is 6.01 Å². The number of carbonyl (C=O) groups excluding carboxylic acids is 1. The fourth-order valence-electron chi connectivity index (χ4n) is 6.88. The first-order valence-electron chi connectivity index (χ1n) is 19.3. The summed E-state index contributed by atoms with van der Waals surface area (Å²) in [6.45, 7) is 15.1. The summed E-state index contributed by atoms with van der Waals surface area (Å²) in [6, 6.07) is 5.12. The lowest BCUT2D eigenvalue weighted by atomic mass is 9.92. The third-order valence-electron chi connectivity index (χ3n) is 9.97. The van der Waals surface area contributed by atoms with Crippen LogP contribution in [-0.2, 0) is 11.0 Å². The average molecular weight is 843 g/mol. The number of hydrogen-bond acceptors (Lipinski definition) is 9. The Morgan fingerprint density at radius 3 is 2.44 bits per heavy atom. The number of ketones is 1. The van der Waals surface area contributed by atoms with E-state index in [0.717, 1.165) is 43.0 Å². The molecular formula is C41H53ClF6N6O2S. The predicted molar refractivity (Wildman–Crippen MR) is 219 cm³/mol. The summed E-state index contributed by atoms with van der Waals surface area (Å²) < 4.78 is 88.8. The van der Waals surface area contributed by atoms with E-state index in [4.69, 9.17) is 10.5 Å². The number of nitrogens with one attached hydrogen (secondary N) is 1. The Morgan fingerprint density at radius 2 is 1.89 bits per heavy atom. The van der Waals surface area contributed by atoms with Crippen molar-refractivity contribution in [2.75, 3.05) is 37.8 Å². The maximum Gasteiger partial charge on any atom is 0.417 e. The van der Waals surface area contributed by atoms with Gasteiger partial charge in [-0.1, -0.05) is 77.5 Å². The lowest BCUT2D eigenvalue weighted by Crippen LogP contribution is -2.22. The monoisotopic (exact) mass is 842 g/mol. The molecular weight excluding hydrogens is 790 g/mol. The Hall–Kier alpha value is -3.87. The molecule has 0 saturated carbocycles. The standard InChI is InChI=1S/C21H14F5N5OS.C9H20.C8H15N.C3H4ClFO/c1-3-29-19-9-6-11(21(24,25)26)14(15(23)16(9)30-20(31-19)32-2)8-4-5-12(22)17-13(8)10(7-27)18(28)33-17;1-4-6-7-8-9(3)5-2;1-7-5-8-3-2-4-9(8)6-7;1-2(6)3(4)5/h4-6H,3,28H2,1-2H3,(H,29,30,31);9H,4-8H2,1-3H3;7-8H,2-6H2,1H3;3H,1H3/t;;7-,8?;/m..1./s1. The van der Waals surface area contributed by atoms with Crippen LogP contribution in [0.1, 0.15) is 104 Å². The van der Waals surface area contributed by atoms with Crippen molar-refractivity contribution < 1.29 is 35.9 Å². The number of alkyl halides is 5. The molecule has 2 fully saturated rings. The van der Waals surface area contributed by atoms with Crippen molar-refractivity contribution in [1.29, 1.82) is 5.26 Å². The van der Waals surface area contributed by atoms with Crippen molar-refractivity contribution in [2.24, 2.45) is 11.8 Å². The summed E-state index contributed by atoms with van der Waals surface area (Å²) in [5.74, 6) is -0.859. The summed E-state index contributed by atoms with van der Waals surface area (Å²) in [6.07, 6.45) is 6.41. The number of anilines is 2. The Bertz CT molecular complexity index is 1990. The van der Waals surface area contributed by atoms with Gasteiger partial charge in [-0.15, -0.1) is 11.3 Å². The Balaban J connectivity index is 0.000000291. The number of nitrogens with two attached hydrogens (primary N) is 1. The number of fused-ring (bicyclic) bond motifs is 3. The fraction of sp³-hybridized carbons (Fsp3) is 0.561. The van der Waals surface area contributed by atoms with E-state index in [0.29, 0.717) is 11.3 Å². The van der Waals surface area contributed by atoms with Gasteiger partial charge in [0.1, 0.15) is 28.2 Å². The molecule has 0 radical (unpaired) electrons. The molecule has 2 aromatic heterocycles. The van der Waals surface area contributed by atoms with Gasteiger partial charge in [0.05, 0.1) is 22.9 Å². The summed E-state index contributed by atoms with van der Waals surface area (Å²) >= 11 is 5.29. The van der Waals surface area contributed by atoms with Crippen LogP contribution in [0.4, 0.5) is 37.2 Å². The molecule has 0 amide bonds. The first kappa shape index (κ1) is 47.5. The van der Waals surface area contributed by atoms with Crippen molar-refractivity contribution in [1.82, 2.24) is 14.9 Å². The summed E-state index contributed by atoms with van der Waals surface area (Å²) in [7, 11) is 1.23. The number of Topliss-reactive ketones (excluding diaryl/α,β-unsaturated/α-hetero) is 1. The molecule has 3 N–H and O–H groups in total. The van der Waals surface area contributed by atoms with Gasteiger partial charge in [-0.05, 0) is 69.2 Å². The number of unbranched alkanes of at least 4 members (excludes halogenated alkanes) is 2. The first-order chi connectivity index (χ1) is 26.9. The van der Waals surface area contributed by atoms with Gasteiger partial charge in [0.25, 0.3) is 0 Å². The van der Waals surface area contributed by atoms with Crippen molar-refractivity contribution in [3.8, 4) is 23.2 Å². The number of nitrogen functional groups attached to an aromatic ring is 1. The van der Waals surface area contributed by atoms with Gasteiger partial charge < -0.3 is 20.7 Å². The van der Waals surface area contributed by atoms with Gasteiger partial charge in [-0.25, -0.2) is 13.2 Å². The minimum atomic E-state index is -5.00. The van der Waals surface area contributed by atoms with Crippen LogP contribution in [0, 0.1) is 34.8 Å². The molecule has 2 aromatic carbocycles. The molecule has 4 aromatic rings. The zero-order chi connectivity index (χ0) is 42.6. The molecule has 8 nitrogen and oxygen atoms in total. The highest BCUT2D eigenvalue weighted by Gasteiger charge is 2.38. The first-order valence-corrected chi connectivity index (χ1v) is 20.5. The maximum absolute atomic E-state index is 15.9. The predicted octanol–water partition coefficient (Wildman–Crippen LogP) is 11.9. The topological polar surface area (TPSA) is 117 Å². The number of nitriles is 1. The number of nitrogens with zero attached hydrogens (tertiary/aromatic N) is 4. The largest absolute Gasteiger partial charge is 0.467 e. The smallest absolute Gasteiger partial charge is 0.417 e. The lowest BCUT2D eigenvalue weighted by molar-refractivity contribution is -0.137. The average Bonchev–Trinajstić information content (AvgIpc) is 3.85. The molecule has 2 saturated heterocycles. The van der Waals surface area contributed by atoms with Crippen molar-refractivity contribution in [2.45, 2.75) is 111 Å². The van der Waals surface area contributed by atoms with Gasteiger partial charge in [-0.2, -0.15) is 28.4 Å². The number of hydrogen-bond donors (Lipinski definition) is 2. The molecule has 57 heavy (non-hydrogen) atoms. The third kappa shape index (κ3) is 12.3. The molecule has 314 valence electrons. The number of ether oxygens (including phenoxy) is 1. The number of methoxy groups -OCH3 is 1. The molecule has 0 aliphatic carbocycles. The molecule has 4 atom stereocenters. The molecule has 0 spiro atoms. The fourth-order valence-corrected chi connectivity index (χ4v) is 7.83. The van der Waals surface area contributed by atoms with E-state index < -0.39 is 45.9 Å². The number of aromatic nitrogens is 2. The van der Waals surface area contributed by atoms with Crippen LogP contribution >= 0.6 is 22.9 Å². The van der Waals surface area contributed by atoms with Crippen LogP contribution in [0.15, 0.2) is 18.2 Å². The van der Waals surface area contributed by atoms with Crippen LogP contribution in [0.3, 0.4) is 0 Å². The van der Waals surface area contributed by atoms with E-state index >= 15 is 4.39 Å². The van der Waals surface area contributed by atoms with Crippen LogP contribution in [0.25, 0.3) is 32.1 Å². The minimum absolute atomic E-state index is 0.0444. The highest BCUT2D eigenvalue weighted by molar-refractivity contribution is 7.23. The zero-order valence-electron chi connectivity index (χ0n) is 33.6. The SMILES string of the molecule is CC(=O)C(F)Cl.CCCCCC(C)CC.CCNc1nc(OC)nc2c(F)c(-c3ccc(F)c4sc(N)c(C#N)c34)c(C(F)(F)F)cc12.C[C@@H]1CC2CCCN2C1. The second-order valence-corrected chi connectivity index (χ2v) is 15.8. The van der Waals surface area contributed by atoms with E-state index in [9.17, 15) is 32.0 Å². The number of thiophene rings is 1. The molecule has 2 aliphatic rings. The van der Waals surface area contributed by atoms with E-state index in [1.54, 1.807) is 13.0 Å². The summed E-state index contributed by atoms with van der Waals surface area (Å²) in [5.41, 5.74) is 0.778. The van der Waals surface area contributed by atoms with Crippen molar-refractivity contribution in [3.63, 3.8) is 0 Å². The number of benzene rings is 2. The van der Waals surface area contributed by atoms with E-state index in [1.807, 2.05) is 0 Å². The van der Waals surface area contributed by atoms with Gasteiger partial charge in [0.2, 0.25) is 5.63 Å². The van der Waals surface area contributed by atoms with Crippen LogP contribution in [-0.4, -0.2) is 59.1 Å². The zero-order valence-corrected chi connectivity index (χ0v) is 35.1. The summed E-state index contributed by atoms with van der Waals surface area (Å²) in [4.78, 5) is 20.2. The molecule has 0 bridgehead atoms. The molecule has 3 unspecified atom stereocenters. The van der Waals surface area contributed by atoms with Gasteiger partial charge in [0, 0.05) is 35.5 Å². The molecule has 4 heterocycles. The number of carbonyl (C=O) groups is 1. The van der Waals surface area contributed by atoms with E-state index in [2.05, 4.69) is 59.5 Å². The third-order valence-corrected chi connectivity index (χ3v) is 11.3. The van der Waals surface area contributed by atoms with Crippen molar-refractivity contribution >= 4 is 60.5 Å². The second-order valence-electron chi connectivity index (χ2n) is 14.4. The van der Waals surface area contributed by atoms with Crippen molar-refractivity contribution in [3.05, 3.63) is 41.0 Å². The normalized spacial score (nSPS) is 17.3.